The number of piperazine rings is 1. The third kappa shape index (κ3) is 3.51. The number of halogens is 5. The van der Waals surface area contributed by atoms with Gasteiger partial charge >= 0.3 is 6.18 Å². The number of hydrogen-bond donors (Lipinski definition) is 2. The summed E-state index contributed by atoms with van der Waals surface area (Å²) in [6.45, 7) is 2.12. The highest BCUT2D eigenvalue weighted by atomic mass is 35.5. The van der Waals surface area contributed by atoms with Crippen molar-refractivity contribution in [2.45, 2.75) is 12.2 Å². The lowest BCUT2D eigenvalue weighted by Gasteiger charge is -2.26. The van der Waals surface area contributed by atoms with E-state index in [9.17, 15) is 13.2 Å². The van der Waals surface area contributed by atoms with Crippen molar-refractivity contribution in [3.05, 3.63) is 34.3 Å². The molecular weight excluding hydrogens is 288 g/mol. The molecule has 1 fully saturated rings. The second-order valence-electron chi connectivity index (χ2n) is 3.94. The van der Waals surface area contributed by atoms with Crippen LogP contribution in [-0.4, -0.2) is 19.6 Å². The quantitative estimate of drug-likeness (QED) is 0.833. The highest BCUT2D eigenvalue weighted by Crippen LogP contribution is 2.33. The van der Waals surface area contributed by atoms with Crippen molar-refractivity contribution in [2.24, 2.45) is 0 Å². The molecule has 0 aromatic heterocycles. The van der Waals surface area contributed by atoms with Crippen LogP contribution in [0.3, 0.4) is 0 Å². The molecule has 2 rings (SSSR count). The Morgan fingerprint density at radius 1 is 1.22 bits per heavy atom. The first kappa shape index (κ1) is 15.6. The maximum absolute atomic E-state index is 12.6. The minimum Gasteiger partial charge on any atom is -0.314 e. The topological polar surface area (TPSA) is 24.1 Å². The van der Waals surface area contributed by atoms with Crippen LogP contribution in [0.15, 0.2) is 18.2 Å². The molecule has 0 spiro atoms. The van der Waals surface area contributed by atoms with Gasteiger partial charge in [-0.1, -0.05) is 11.6 Å². The Balaban J connectivity index is 0.00000162. The molecule has 0 unspecified atom stereocenters. The highest BCUT2D eigenvalue weighted by molar-refractivity contribution is 6.31. The van der Waals surface area contributed by atoms with E-state index in [-0.39, 0.29) is 18.4 Å². The van der Waals surface area contributed by atoms with Crippen molar-refractivity contribution in [1.29, 1.82) is 0 Å². The van der Waals surface area contributed by atoms with Crippen LogP contribution in [0.2, 0.25) is 5.02 Å². The summed E-state index contributed by atoms with van der Waals surface area (Å²) in [4.78, 5) is 0. The lowest BCUT2D eigenvalue weighted by molar-refractivity contribution is -0.137. The van der Waals surface area contributed by atoms with Gasteiger partial charge < -0.3 is 10.6 Å². The van der Waals surface area contributed by atoms with E-state index in [4.69, 9.17) is 11.6 Å². The Morgan fingerprint density at radius 2 is 1.94 bits per heavy atom. The monoisotopic (exact) mass is 300 g/mol. The van der Waals surface area contributed by atoms with Crippen molar-refractivity contribution in [3.63, 3.8) is 0 Å². The summed E-state index contributed by atoms with van der Waals surface area (Å²) in [5.74, 6) is 0. The Morgan fingerprint density at radius 3 is 2.50 bits per heavy atom. The predicted octanol–water partition coefficient (Wildman–Crippen LogP) is 3.01. The molecule has 2 nitrogen and oxygen atoms in total. The van der Waals surface area contributed by atoms with Crippen LogP contribution >= 0.6 is 24.0 Å². The van der Waals surface area contributed by atoms with E-state index in [0.717, 1.165) is 25.2 Å². The molecule has 1 heterocycles. The molecule has 0 saturated carbocycles. The molecule has 0 radical (unpaired) electrons. The molecule has 1 aromatic rings. The predicted molar refractivity (Wildman–Crippen MR) is 67.3 cm³/mol. The third-order valence-electron chi connectivity index (χ3n) is 2.74. The minimum absolute atomic E-state index is 0. The van der Waals surface area contributed by atoms with Crippen LogP contribution in [0.4, 0.5) is 13.2 Å². The Kier molecular flexibility index (Phi) is 5.28. The lowest BCUT2D eigenvalue weighted by Crippen LogP contribution is -2.42. The van der Waals surface area contributed by atoms with Crippen LogP contribution in [-0.2, 0) is 6.18 Å². The molecule has 1 saturated heterocycles. The molecule has 0 amide bonds. The molecule has 1 aromatic carbocycles. The maximum atomic E-state index is 12.6. The molecule has 1 aliphatic heterocycles. The zero-order valence-corrected chi connectivity index (χ0v) is 10.9. The number of hydrogen-bond acceptors (Lipinski definition) is 2. The van der Waals surface area contributed by atoms with Crippen molar-refractivity contribution in [2.75, 3.05) is 19.6 Å². The van der Waals surface area contributed by atoms with Gasteiger partial charge in [0.05, 0.1) is 5.56 Å². The molecule has 1 aliphatic rings. The van der Waals surface area contributed by atoms with Crippen LogP contribution in [0.1, 0.15) is 17.2 Å². The highest BCUT2D eigenvalue weighted by Gasteiger charge is 2.31. The van der Waals surface area contributed by atoms with E-state index >= 15 is 0 Å². The molecule has 0 aliphatic carbocycles. The van der Waals surface area contributed by atoms with Crippen LogP contribution in [0.5, 0.6) is 0 Å². The summed E-state index contributed by atoms with van der Waals surface area (Å²) in [7, 11) is 0. The summed E-state index contributed by atoms with van der Waals surface area (Å²) >= 11 is 5.94. The second-order valence-corrected chi connectivity index (χ2v) is 4.35. The van der Waals surface area contributed by atoms with E-state index < -0.39 is 11.7 Å². The number of benzene rings is 1. The number of rotatable bonds is 1. The van der Waals surface area contributed by atoms with E-state index in [1.165, 1.54) is 6.07 Å². The van der Waals surface area contributed by atoms with Gasteiger partial charge in [-0.2, -0.15) is 13.2 Å². The molecule has 18 heavy (non-hydrogen) atoms. The van der Waals surface area contributed by atoms with Gasteiger partial charge in [0, 0.05) is 30.7 Å². The summed E-state index contributed by atoms with van der Waals surface area (Å²) in [5.41, 5.74) is -0.169. The fraction of sp³-hybridized carbons (Fsp3) is 0.455. The van der Waals surface area contributed by atoms with Gasteiger partial charge in [-0.05, 0) is 23.8 Å². The first-order valence-electron chi connectivity index (χ1n) is 5.29. The van der Waals surface area contributed by atoms with E-state index in [1.54, 1.807) is 0 Å². The lowest BCUT2D eigenvalue weighted by atomic mass is 10.0. The fourth-order valence-corrected chi connectivity index (χ4v) is 2.11. The van der Waals surface area contributed by atoms with Crippen LogP contribution in [0.25, 0.3) is 0 Å². The van der Waals surface area contributed by atoms with Gasteiger partial charge in [-0.3, -0.25) is 0 Å². The van der Waals surface area contributed by atoms with Crippen molar-refractivity contribution in [3.8, 4) is 0 Å². The van der Waals surface area contributed by atoms with Crippen molar-refractivity contribution < 1.29 is 13.2 Å². The largest absolute Gasteiger partial charge is 0.416 e. The first-order valence-corrected chi connectivity index (χ1v) is 5.67. The zero-order chi connectivity index (χ0) is 12.5. The second kappa shape index (κ2) is 6.10. The Bertz CT molecular complexity index is 404. The zero-order valence-electron chi connectivity index (χ0n) is 9.35. The Labute approximate surface area is 114 Å². The average Bonchev–Trinajstić information content (AvgIpc) is 2.29. The van der Waals surface area contributed by atoms with Crippen LogP contribution in [0, 0.1) is 0 Å². The van der Waals surface area contributed by atoms with Gasteiger partial charge in [0.2, 0.25) is 0 Å². The summed E-state index contributed by atoms with van der Waals surface area (Å²) in [6.07, 6.45) is -4.33. The molecular formula is C11H13Cl2F3N2. The normalized spacial score (nSPS) is 20.3. The average molecular weight is 301 g/mol. The number of nitrogens with one attached hydrogen (secondary N) is 2. The molecule has 2 N–H and O–H groups in total. The minimum atomic E-state index is -4.33. The fourth-order valence-electron chi connectivity index (χ4n) is 1.86. The smallest absolute Gasteiger partial charge is 0.314 e. The van der Waals surface area contributed by atoms with Crippen molar-refractivity contribution in [1.82, 2.24) is 10.6 Å². The molecule has 7 heteroatoms. The molecule has 1 atom stereocenters. The summed E-state index contributed by atoms with van der Waals surface area (Å²) < 4.78 is 37.8. The molecule has 0 bridgehead atoms. The van der Waals surface area contributed by atoms with Gasteiger partial charge in [-0.25, -0.2) is 0 Å². The third-order valence-corrected chi connectivity index (χ3v) is 3.08. The van der Waals surface area contributed by atoms with E-state index in [2.05, 4.69) is 10.6 Å². The summed E-state index contributed by atoms with van der Waals surface area (Å²) in [5, 5.41) is 6.62. The van der Waals surface area contributed by atoms with Crippen LogP contribution < -0.4 is 10.6 Å². The van der Waals surface area contributed by atoms with Gasteiger partial charge in [0.15, 0.2) is 0 Å². The SMILES string of the molecule is Cl.FC(F)(F)c1ccc(Cl)c([C@H]2CNCCN2)c1. The first-order chi connectivity index (χ1) is 7.98. The Hall–Kier alpha value is -0.490. The number of alkyl halides is 3. The van der Waals surface area contributed by atoms with Gasteiger partial charge in [0.25, 0.3) is 0 Å². The van der Waals surface area contributed by atoms with E-state index in [1.807, 2.05) is 0 Å². The van der Waals surface area contributed by atoms with Gasteiger partial charge in [-0.15, -0.1) is 12.4 Å². The maximum Gasteiger partial charge on any atom is 0.416 e. The molecule has 102 valence electrons. The summed E-state index contributed by atoms with van der Waals surface area (Å²) in [6, 6.07) is 3.25. The standard InChI is InChI=1S/C11H12ClF3N2.ClH/c12-9-2-1-7(11(13,14)15)5-8(9)10-6-16-3-4-17-10;/h1-2,5,10,16-17H,3-4,6H2;1H/t10-;/m1./s1. The van der Waals surface area contributed by atoms with Gasteiger partial charge in [0.1, 0.15) is 0 Å². The van der Waals surface area contributed by atoms with E-state index in [0.29, 0.717) is 17.1 Å². The van der Waals surface area contributed by atoms with Crippen molar-refractivity contribution >= 4 is 24.0 Å².